The number of rotatable bonds is 11. The smallest absolute Gasteiger partial charge is 0.327 e. The summed E-state index contributed by atoms with van der Waals surface area (Å²) in [4.78, 5) is 34.1. The van der Waals surface area contributed by atoms with Gasteiger partial charge in [0.2, 0.25) is 5.91 Å². The van der Waals surface area contributed by atoms with Crippen molar-refractivity contribution >= 4 is 18.0 Å². The highest BCUT2D eigenvalue weighted by molar-refractivity contribution is 5.93. The number of hydrogen-bond donors (Lipinski definition) is 3. The highest BCUT2D eigenvalue weighted by atomic mass is 16.8. The van der Waals surface area contributed by atoms with E-state index in [1.165, 1.54) is 6.26 Å². The minimum Gasteiger partial charge on any atom is -0.499 e. The summed E-state index contributed by atoms with van der Waals surface area (Å²) < 4.78 is 24.8. The fourth-order valence-corrected chi connectivity index (χ4v) is 7.22. The van der Waals surface area contributed by atoms with Crippen molar-refractivity contribution in [2.24, 2.45) is 17.3 Å². The highest BCUT2D eigenvalue weighted by Gasteiger charge is 2.78. The molecule has 1 amide bonds. The summed E-state index contributed by atoms with van der Waals surface area (Å²) in [5.74, 6) is -0.927. The molecule has 3 heterocycles. The molecule has 6 fully saturated rings. The van der Waals surface area contributed by atoms with Crippen molar-refractivity contribution in [2.75, 3.05) is 26.4 Å². The Morgan fingerprint density at radius 1 is 1.12 bits per heavy atom. The zero-order chi connectivity index (χ0) is 27.5. The lowest BCUT2D eigenvalue weighted by molar-refractivity contribution is -0.235. The van der Waals surface area contributed by atoms with Crippen molar-refractivity contribution in [3.8, 4) is 0 Å². The van der Waals surface area contributed by atoms with E-state index in [0.29, 0.717) is 11.8 Å². The Bertz CT molecular complexity index is 1170. The summed E-state index contributed by atoms with van der Waals surface area (Å²) in [5, 5.41) is 22.7. The van der Waals surface area contributed by atoms with Crippen LogP contribution in [0.5, 0.6) is 0 Å². The molecular formula is C29H36N2O9. The number of hydroxylamine groups is 2. The lowest BCUT2D eigenvalue weighted by atomic mass is 9.62. The van der Waals surface area contributed by atoms with E-state index in [4.69, 9.17) is 28.9 Å². The number of nitrogens with zero attached hydrogens (tertiary/aromatic N) is 1. The summed E-state index contributed by atoms with van der Waals surface area (Å²) in [7, 11) is 0. The number of hydrogen-bond acceptors (Lipinski definition) is 10. The van der Waals surface area contributed by atoms with Gasteiger partial charge in [-0.1, -0.05) is 24.3 Å². The Balaban J connectivity index is 1.21. The maximum absolute atomic E-state index is 13.9. The third-order valence-corrected chi connectivity index (χ3v) is 9.16. The number of aliphatic hydroxyl groups is 2. The van der Waals surface area contributed by atoms with Crippen molar-refractivity contribution in [2.45, 2.75) is 74.9 Å². The first kappa shape index (κ1) is 26.4. The zero-order valence-electron chi connectivity index (χ0n) is 22.3. The van der Waals surface area contributed by atoms with Crippen LogP contribution in [0.3, 0.4) is 0 Å². The van der Waals surface area contributed by atoms with Crippen LogP contribution in [0.15, 0.2) is 30.5 Å². The van der Waals surface area contributed by atoms with Gasteiger partial charge in [-0.15, -0.1) is 0 Å². The predicted molar refractivity (Wildman–Crippen MR) is 138 cm³/mol. The van der Waals surface area contributed by atoms with Crippen molar-refractivity contribution in [1.29, 1.82) is 0 Å². The molecule has 1 aromatic carbocycles. The lowest BCUT2D eigenvalue weighted by Gasteiger charge is -2.48. The molecule has 6 aliphatic rings. The van der Waals surface area contributed by atoms with E-state index in [1.54, 1.807) is 11.1 Å². The normalized spacial score (nSPS) is 36.0. The van der Waals surface area contributed by atoms with Crippen LogP contribution in [-0.4, -0.2) is 89.8 Å². The Labute approximate surface area is 232 Å². The number of carbonyl (C=O) groups excluding carboxylic acids is 2. The monoisotopic (exact) mass is 556 g/mol. The predicted octanol–water partition coefficient (Wildman–Crippen LogP) is 0.875. The first-order chi connectivity index (χ1) is 19.5. The van der Waals surface area contributed by atoms with Crippen molar-refractivity contribution < 1.29 is 43.6 Å². The van der Waals surface area contributed by atoms with Crippen LogP contribution in [-0.2, 0) is 39.9 Å². The lowest BCUT2D eigenvalue weighted by Crippen LogP contribution is -2.69. The fraction of sp³-hybridized carbons (Fsp3) is 0.655. The Hall–Kier alpha value is -2.54. The number of esters is 1. The standard InChI is InChI=1S/C29H36N2O9/c32-10-9-30-27(35)28-15-21-22-23(39-29(38-22,19-4-5-19)20-6-7-20)25(28)40-31(24(28)26(34)37-21)16-18-3-1-2-17(14-18)8-12-36-13-11-33/h1-3,8,12,14,19-25,32-33H,4-7,9-11,13,15-16H2,(H,30,35). The molecule has 6 unspecified atom stereocenters. The Morgan fingerprint density at radius 2 is 1.90 bits per heavy atom. The van der Waals surface area contributed by atoms with Gasteiger partial charge in [0.25, 0.3) is 0 Å². The minimum atomic E-state index is -1.24. The summed E-state index contributed by atoms with van der Waals surface area (Å²) in [6.45, 7) is 0.246. The molecule has 3 saturated heterocycles. The van der Waals surface area contributed by atoms with E-state index in [0.717, 1.165) is 36.8 Å². The van der Waals surface area contributed by atoms with Gasteiger partial charge in [-0.25, -0.2) is 0 Å². The molecule has 2 bridgehead atoms. The summed E-state index contributed by atoms with van der Waals surface area (Å²) >= 11 is 0. The van der Waals surface area contributed by atoms with Crippen molar-refractivity contribution in [3.05, 3.63) is 41.7 Å². The molecule has 0 radical (unpaired) electrons. The van der Waals surface area contributed by atoms with Gasteiger partial charge in [0.1, 0.15) is 36.4 Å². The maximum Gasteiger partial charge on any atom is 0.327 e. The molecule has 3 saturated carbocycles. The molecular weight excluding hydrogens is 520 g/mol. The van der Waals surface area contributed by atoms with Crippen LogP contribution < -0.4 is 5.32 Å². The number of aliphatic hydroxyl groups excluding tert-OH is 2. The molecule has 1 aromatic rings. The average Bonchev–Trinajstić information content (AvgIpc) is 3.89. The third-order valence-electron chi connectivity index (χ3n) is 9.16. The van der Waals surface area contributed by atoms with Crippen molar-refractivity contribution in [1.82, 2.24) is 10.4 Å². The van der Waals surface area contributed by atoms with Crippen LogP contribution in [0.4, 0.5) is 0 Å². The molecule has 216 valence electrons. The number of ether oxygens (including phenoxy) is 4. The number of amides is 1. The fourth-order valence-electron chi connectivity index (χ4n) is 7.22. The molecule has 3 aliphatic heterocycles. The first-order valence-corrected chi connectivity index (χ1v) is 14.4. The van der Waals surface area contributed by atoms with E-state index in [-0.39, 0.29) is 45.2 Å². The van der Waals surface area contributed by atoms with Gasteiger partial charge >= 0.3 is 5.97 Å². The Morgan fingerprint density at radius 3 is 2.62 bits per heavy atom. The van der Waals surface area contributed by atoms with Gasteiger partial charge in [0, 0.05) is 24.8 Å². The topological polar surface area (TPSA) is 136 Å². The number of benzene rings is 1. The largest absolute Gasteiger partial charge is 0.499 e. The second kappa shape index (κ2) is 10.1. The first-order valence-electron chi connectivity index (χ1n) is 14.4. The molecule has 7 rings (SSSR count). The molecule has 11 nitrogen and oxygen atoms in total. The zero-order valence-corrected chi connectivity index (χ0v) is 22.3. The molecule has 0 aromatic heterocycles. The van der Waals surface area contributed by atoms with Crippen LogP contribution in [0.2, 0.25) is 0 Å². The van der Waals surface area contributed by atoms with Gasteiger partial charge in [0.15, 0.2) is 11.8 Å². The van der Waals surface area contributed by atoms with Crippen molar-refractivity contribution in [3.63, 3.8) is 0 Å². The number of nitrogens with one attached hydrogen (secondary N) is 1. The second-order valence-electron chi connectivity index (χ2n) is 11.8. The second-order valence-corrected chi connectivity index (χ2v) is 11.8. The van der Waals surface area contributed by atoms with E-state index >= 15 is 0 Å². The van der Waals surface area contributed by atoms with Gasteiger partial charge in [0.05, 0.1) is 26.0 Å². The van der Waals surface area contributed by atoms with Gasteiger partial charge in [-0.3, -0.25) is 14.4 Å². The van der Waals surface area contributed by atoms with Gasteiger partial charge in [-0.05, 0) is 42.9 Å². The summed E-state index contributed by atoms with van der Waals surface area (Å²) in [6.07, 6.45) is 5.34. The van der Waals surface area contributed by atoms with Crippen LogP contribution in [0.25, 0.3) is 6.08 Å². The maximum atomic E-state index is 13.9. The Kier molecular flexibility index (Phi) is 6.64. The van der Waals surface area contributed by atoms with E-state index in [9.17, 15) is 14.7 Å². The molecule has 6 atom stereocenters. The SMILES string of the molecule is O=C1OC2CC3(C(=O)NCCO)C(ON(Cc4cccc(C=COCCO)c4)C13)C1OC(C3CC3)(C3CC3)OC21. The third kappa shape index (κ3) is 4.17. The van der Waals surface area contributed by atoms with Gasteiger partial charge in [-0.2, -0.15) is 5.06 Å². The summed E-state index contributed by atoms with van der Waals surface area (Å²) in [5.41, 5.74) is 0.507. The molecule has 0 spiro atoms. The molecule has 40 heavy (non-hydrogen) atoms. The number of fused-ring (bicyclic) bond motifs is 4. The summed E-state index contributed by atoms with van der Waals surface area (Å²) in [6, 6.07) is 6.71. The van der Waals surface area contributed by atoms with Crippen LogP contribution in [0, 0.1) is 17.3 Å². The minimum absolute atomic E-state index is 0.0666. The molecule has 3 aliphatic carbocycles. The van der Waals surface area contributed by atoms with Gasteiger partial charge < -0.3 is 34.5 Å². The van der Waals surface area contributed by atoms with E-state index < -0.39 is 47.6 Å². The van der Waals surface area contributed by atoms with Crippen LogP contribution >= 0.6 is 0 Å². The average molecular weight is 557 g/mol. The van der Waals surface area contributed by atoms with E-state index in [1.807, 2.05) is 24.3 Å². The number of carbonyl (C=O) groups is 2. The molecule has 11 heteroatoms. The van der Waals surface area contributed by atoms with Crippen LogP contribution in [0.1, 0.15) is 43.2 Å². The molecule has 3 N–H and O–H groups in total. The van der Waals surface area contributed by atoms with E-state index in [2.05, 4.69) is 5.32 Å². The quantitative estimate of drug-likeness (QED) is 0.205. The highest BCUT2D eigenvalue weighted by Crippen LogP contribution is 2.63.